The maximum Gasteiger partial charge on any atom is 0.342 e. The van der Waals surface area contributed by atoms with Gasteiger partial charge in [-0.3, -0.25) is 4.79 Å². The van der Waals surface area contributed by atoms with E-state index in [1.54, 1.807) is 6.07 Å². The fourth-order valence-electron chi connectivity index (χ4n) is 2.44. The molecule has 1 aliphatic rings. The largest absolute Gasteiger partial charge is 0.449 e. The molecule has 1 aromatic rings. The van der Waals surface area contributed by atoms with Crippen molar-refractivity contribution in [1.82, 2.24) is 10.3 Å². The molecule has 0 saturated carbocycles. The topological polar surface area (TPSA) is 68.3 Å². The standard InChI is InChI=1S/C17H21ClN2O3/c1-12(23-17(22)14-8-5-10-19-15(14)18)16(21)20-11-9-13-6-3-2-4-7-13/h5-6,8,10,12H,2-4,7,9,11H2,1H3,(H,20,21)/t12-/m0/s1. The van der Waals surface area contributed by atoms with E-state index in [2.05, 4.69) is 16.4 Å². The minimum absolute atomic E-state index is 0.0642. The molecule has 1 aliphatic carbocycles. The van der Waals surface area contributed by atoms with Crippen LogP contribution in [0.4, 0.5) is 0 Å². The summed E-state index contributed by atoms with van der Waals surface area (Å²) in [4.78, 5) is 27.8. The van der Waals surface area contributed by atoms with E-state index in [0.29, 0.717) is 6.54 Å². The third-order valence-corrected chi connectivity index (χ3v) is 4.06. The first kappa shape index (κ1) is 17.5. The second-order valence-electron chi connectivity index (χ2n) is 5.54. The Morgan fingerprint density at radius 2 is 2.26 bits per heavy atom. The molecule has 1 N–H and O–H groups in total. The highest BCUT2D eigenvalue weighted by Gasteiger charge is 2.20. The summed E-state index contributed by atoms with van der Waals surface area (Å²) in [6.45, 7) is 2.09. The second-order valence-corrected chi connectivity index (χ2v) is 5.90. The van der Waals surface area contributed by atoms with E-state index < -0.39 is 12.1 Å². The molecule has 5 nitrogen and oxygen atoms in total. The van der Waals surface area contributed by atoms with Crippen LogP contribution in [0.25, 0.3) is 0 Å². The van der Waals surface area contributed by atoms with Gasteiger partial charge in [0, 0.05) is 12.7 Å². The molecule has 0 aliphatic heterocycles. The number of aromatic nitrogens is 1. The molecular formula is C17H21ClN2O3. The van der Waals surface area contributed by atoms with Crippen LogP contribution in [0.15, 0.2) is 30.0 Å². The van der Waals surface area contributed by atoms with Crippen LogP contribution in [-0.2, 0) is 9.53 Å². The molecule has 1 amide bonds. The lowest BCUT2D eigenvalue weighted by atomic mass is 9.97. The van der Waals surface area contributed by atoms with E-state index >= 15 is 0 Å². The number of pyridine rings is 1. The molecule has 2 rings (SSSR count). The minimum atomic E-state index is -0.876. The average molecular weight is 337 g/mol. The summed E-state index contributed by atoms with van der Waals surface area (Å²) in [6.07, 6.45) is 8.42. The van der Waals surface area contributed by atoms with Crippen LogP contribution in [0.3, 0.4) is 0 Å². The lowest BCUT2D eigenvalue weighted by Gasteiger charge is -2.15. The van der Waals surface area contributed by atoms with E-state index in [4.69, 9.17) is 16.3 Å². The molecule has 1 aromatic heterocycles. The van der Waals surface area contributed by atoms with Gasteiger partial charge in [-0.1, -0.05) is 23.3 Å². The lowest BCUT2D eigenvalue weighted by Crippen LogP contribution is -2.36. The zero-order valence-corrected chi connectivity index (χ0v) is 13.9. The van der Waals surface area contributed by atoms with E-state index in [1.807, 2.05) is 0 Å². The summed E-state index contributed by atoms with van der Waals surface area (Å²) in [5, 5.41) is 2.86. The third-order valence-electron chi connectivity index (χ3n) is 3.76. The molecule has 1 atom stereocenters. The van der Waals surface area contributed by atoms with Crippen LogP contribution in [-0.4, -0.2) is 29.5 Å². The molecule has 0 spiro atoms. The third kappa shape index (κ3) is 5.36. The van der Waals surface area contributed by atoms with Gasteiger partial charge in [0.1, 0.15) is 5.15 Å². The van der Waals surface area contributed by atoms with Gasteiger partial charge in [-0.15, -0.1) is 0 Å². The van der Waals surface area contributed by atoms with E-state index in [9.17, 15) is 9.59 Å². The van der Waals surface area contributed by atoms with Gasteiger partial charge in [-0.2, -0.15) is 0 Å². The fraction of sp³-hybridized carbons (Fsp3) is 0.471. The number of nitrogens with zero attached hydrogens (tertiary/aromatic N) is 1. The Kier molecular flexibility index (Phi) is 6.59. The molecular weight excluding hydrogens is 316 g/mol. The normalized spacial score (nSPS) is 15.5. The molecule has 0 radical (unpaired) electrons. The lowest BCUT2D eigenvalue weighted by molar-refractivity contribution is -0.129. The van der Waals surface area contributed by atoms with Crippen LogP contribution < -0.4 is 5.32 Å². The smallest absolute Gasteiger partial charge is 0.342 e. The number of esters is 1. The number of allylic oxidation sites excluding steroid dienone is 1. The fourth-order valence-corrected chi connectivity index (χ4v) is 2.63. The number of halogens is 1. The van der Waals surface area contributed by atoms with Gasteiger partial charge in [0.25, 0.3) is 5.91 Å². The van der Waals surface area contributed by atoms with Crippen LogP contribution in [0.5, 0.6) is 0 Å². The first-order valence-electron chi connectivity index (χ1n) is 7.85. The van der Waals surface area contributed by atoms with Crippen molar-refractivity contribution >= 4 is 23.5 Å². The molecule has 6 heteroatoms. The van der Waals surface area contributed by atoms with Gasteiger partial charge in [0.05, 0.1) is 5.56 Å². The number of hydrogen-bond acceptors (Lipinski definition) is 4. The van der Waals surface area contributed by atoms with Crippen molar-refractivity contribution in [2.45, 2.75) is 45.1 Å². The number of nitrogens with one attached hydrogen (secondary N) is 1. The predicted octanol–water partition coefficient (Wildman–Crippen LogP) is 3.29. The van der Waals surface area contributed by atoms with Crippen LogP contribution in [0.1, 0.15) is 49.4 Å². The second kappa shape index (κ2) is 8.67. The molecule has 0 saturated heterocycles. The molecule has 124 valence electrons. The Morgan fingerprint density at radius 1 is 1.43 bits per heavy atom. The molecule has 23 heavy (non-hydrogen) atoms. The Morgan fingerprint density at radius 3 is 2.96 bits per heavy atom. The van der Waals surface area contributed by atoms with Crippen molar-refractivity contribution in [3.8, 4) is 0 Å². The maximum atomic E-state index is 12.0. The van der Waals surface area contributed by atoms with Gasteiger partial charge >= 0.3 is 5.97 Å². The van der Waals surface area contributed by atoms with Crippen molar-refractivity contribution in [1.29, 1.82) is 0 Å². The van der Waals surface area contributed by atoms with Gasteiger partial charge in [0.15, 0.2) is 6.10 Å². The number of hydrogen-bond donors (Lipinski definition) is 1. The van der Waals surface area contributed by atoms with E-state index in [-0.39, 0.29) is 16.6 Å². The number of carbonyl (C=O) groups excluding carboxylic acids is 2. The Bertz CT molecular complexity index is 601. The predicted molar refractivity (Wildman–Crippen MR) is 88.3 cm³/mol. The molecule has 0 unspecified atom stereocenters. The summed E-state index contributed by atoms with van der Waals surface area (Å²) in [7, 11) is 0. The highest BCUT2D eigenvalue weighted by molar-refractivity contribution is 6.32. The SMILES string of the molecule is C[C@H](OC(=O)c1cccnc1Cl)C(=O)NCCC1=CCCCC1. The first-order chi connectivity index (χ1) is 11.1. The summed E-state index contributed by atoms with van der Waals surface area (Å²) in [5.41, 5.74) is 1.55. The summed E-state index contributed by atoms with van der Waals surface area (Å²) < 4.78 is 5.13. The van der Waals surface area contributed by atoms with Crippen molar-refractivity contribution in [2.24, 2.45) is 0 Å². The molecule has 1 heterocycles. The van der Waals surface area contributed by atoms with E-state index in [0.717, 1.165) is 19.3 Å². The summed E-state index contributed by atoms with van der Waals surface area (Å²) in [5.74, 6) is -0.962. The van der Waals surface area contributed by atoms with Crippen molar-refractivity contribution in [3.63, 3.8) is 0 Å². The average Bonchev–Trinajstić information content (AvgIpc) is 2.56. The molecule has 0 fully saturated rings. The first-order valence-corrected chi connectivity index (χ1v) is 8.23. The Labute approximate surface area is 141 Å². The monoisotopic (exact) mass is 336 g/mol. The summed E-state index contributed by atoms with van der Waals surface area (Å²) >= 11 is 5.83. The number of carbonyl (C=O) groups is 2. The van der Waals surface area contributed by atoms with Crippen LogP contribution in [0, 0.1) is 0 Å². The highest BCUT2D eigenvalue weighted by atomic mass is 35.5. The van der Waals surface area contributed by atoms with E-state index in [1.165, 1.54) is 37.6 Å². The zero-order chi connectivity index (χ0) is 16.7. The van der Waals surface area contributed by atoms with Crippen molar-refractivity contribution < 1.29 is 14.3 Å². The summed E-state index contributed by atoms with van der Waals surface area (Å²) in [6, 6.07) is 3.10. The molecule has 0 aromatic carbocycles. The van der Waals surface area contributed by atoms with Crippen molar-refractivity contribution in [2.75, 3.05) is 6.54 Å². The minimum Gasteiger partial charge on any atom is -0.449 e. The Balaban J connectivity index is 1.77. The van der Waals surface area contributed by atoms with Gasteiger partial charge in [-0.25, -0.2) is 9.78 Å². The highest BCUT2D eigenvalue weighted by Crippen LogP contribution is 2.19. The van der Waals surface area contributed by atoms with Crippen LogP contribution in [0.2, 0.25) is 5.15 Å². The Hall–Kier alpha value is -1.88. The van der Waals surface area contributed by atoms with Crippen LogP contribution >= 0.6 is 11.6 Å². The number of rotatable bonds is 6. The van der Waals surface area contributed by atoms with Gasteiger partial charge in [0.2, 0.25) is 0 Å². The van der Waals surface area contributed by atoms with Crippen molar-refractivity contribution in [3.05, 3.63) is 40.7 Å². The number of amides is 1. The molecule has 0 bridgehead atoms. The zero-order valence-electron chi connectivity index (χ0n) is 13.2. The number of ether oxygens (including phenoxy) is 1. The van der Waals surface area contributed by atoms with Gasteiger partial charge in [-0.05, 0) is 51.2 Å². The quantitative estimate of drug-likeness (QED) is 0.491. The van der Waals surface area contributed by atoms with Gasteiger partial charge < -0.3 is 10.1 Å². The maximum absolute atomic E-state index is 12.0.